The highest BCUT2D eigenvalue weighted by molar-refractivity contribution is 7.08. The summed E-state index contributed by atoms with van der Waals surface area (Å²) in [5.41, 5.74) is -0.203. The van der Waals surface area contributed by atoms with E-state index >= 15 is 0 Å². The fraction of sp³-hybridized carbons (Fsp3) is 0.600. The van der Waals surface area contributed by atoms with Crippen molar-refractivity contribution in [2.75, 3.05) is 0 Å². The maximum absolute atomic E-state index is 11.9. The summed E-state index contributed by atoms with van der Waals surface area (Å²) in [4.78, 5) is 12.4. The quantitative estimate of drug-likeness (QED) is 0.869. The minimum atomic E-state index is -0.880. The minimum absolute atomic E-state index is 0.143. The minimum Gasteiger partial charge on any atom is -0.333 e. The van der Waals surface area contributed by atoms with Crippen LogP contribution >= 0.6 is 11.5 Å². The Balaban J connectivity index is 2.90. The van der Waals surface area contributed by atoms with Gasteiger partial charge in [0.1, 0.15) is 10.4 Å². The predicted octanol–water partition coefficient (Wildman–Crippen LogP) is 1.69. The second-order valence-electron chi connectivity index (χ2n) is 4.33. The van der Waals surface area contributed by atoms with Gasteiger partial charge in [0.25, 0.3) is 5.91 Å². The van der Waals surface area contributed by atoms with Gasteiger partial charge in [-0.25, -0.2) is 0 Å². The molecule has 0 spiro atoms. The van der Waals surface area contributed by atoms with Gasteiger partial charge in [-0.05, 0) is 31.3 Å². The molecular weight excluding hydrogens is 224 g/mol. The lowest BCUT2D eigenvalue weighted by Gasteiger charge is -2.17. The molecule has 0 bridgehead atoms. The van der Waals surface area contributed by atoms with Crippen LogP contribution in [0.3, 0.4) is 0 Å². The van der Waals surface area contributed by atoms with E-state index in [0.29, 0.717) is 10.6 Å². The summed E-state index contributed by atoms with van der Waals surface area (Å²) < 4.78 is 3.77. The molecule has 1 heterocycles. The van der Waals surface area contributed by atoms with Gasteiger partial charge >= 0.3 is 0 Å². The van der Waals surface area contributed by atoms with E-state index in [0.717, 1.165) is 11.5 Å². The Morgan fingerprint density at radius 3 is 2.69 bits per heavy atom. The highest BCUT2D eigenvalue weighted by Crippen LogP contribution is 2.20. The number of aromatic nitrogens is 2. The van der Waals surface area contributed by atoms with Crippen molar-refractivity contribution in [3.05, 3.63) is 10.6 Å². The van der Waals surface area contributed by atoms with Crippen LogP contribution in [0.15, 0.2) is 0 Å². The lowest BCUT2D eigenvalue weighted by atomic mass is 10.1. The Morgan fingerprint density at radius 1 is 1.56 bits per heavy atom. The first kappa shape index (κ1) is 12.6. The number of hydrogen-bond donors (Lipinski definition) is 1. The second-order valence-corrected chi connectivity index (χ2v) is 5.09. The number of nitriles is 1. The third-order valence-corrected chi connectivity index (χ3v) is 2.71. The van der Waals surface area contributed by atoms with Crippen molar-refractivity contribution in [3.8, 4) is 6.07 Å². The van der Waals surface area contributed by atoms with Gasteiger partial charge in [-0.15, -0.1) is 5.10 Å². The largest absolute Gasteiger partial charge is 0.333 e. The number of nitrogens with zero attached hydrogens (tertiary/aromatic N) is 3. The van der Waals surface area contributed by atoms with Crippen LogP contribution < -0.4 is 5.32 Å². The molecule has 0 fully saturated rings. The first-order valence-corrected chi connectivity index (χ1v) is 5.70. The molecule has 5 nitrogen and oxygen atoms in total. The average molecular weight is 238 g/mol. The van der Waals surface area contributed by atoms with Crippen molar-refractivity contribution in [1.29, 1.82) is 5.26 Å². The molecule has 1 rings (SSSR count). The molecule has 1 aromatic heterocycles. The smallest absolute Gasteiger partial charge is 0.266 e. The van der Waals surface area contributed by atoms with E-state index in [4.69, 9.17) is 5.26 Å². The summed E-state index contributed by atoms with van der Waals surface area (Å²) in [5.74, 6) is -0.144. The van der Waals surface area contributed by atoms with Gasteiger partial charge < -0.3 is 5.32 Å². The lowest BCUT2D eigenvalue weighted by molar-refractivity contribution is 0.0932. The SMILES string of the molecule is CC(C)c1nnsc1C(=O)NC(C)(C)C#N. The number of carbonyl (C=O) groups excluding carboxylic acids is 1. The molecule has 0 aliphatic rings. The molecule has 86 valence electrons. The molecule has 0 saturated heterocycles. The van der Waals surface area contributed by atoms with Crippen LogP contribution in [0.2, 0.25) is 0 Å². The maximum atomic E-state index is 11.9. The van der Waals surface area contributed by atoms with E-state index < -0.39 is 5.54 Å². The van der Waals surface area contributed by atoms with Crippen molar-refractivity contribution in [3.63, 3.8) is 0 Å². The Morgan fingerprint density at radius 2 is 2.19 bits per heavy atom. The molecule has 0 unspecified atom stereocenters. The van der Waals surface area contributed by atoms with Gasteiger partial charge in [-0.2, -0.15) is 5.26 Å². The number of amides is 1. The Hall–Kier alpha value is -1.48. The van der Waals surface area contributed by atoms with Crippen LogP contribution in [0.4, 0.5) is 0 Å². The summed E-state index contributed by atoms with van der Waals surface area (Å²) in [5, 5.41) is 15.4. The van der Waals surface area contributed by atoms with Crippen LogP contribution in [0, 0.1) is 11.3 Å². The highest BCUT2D eigenvalue weighted by atomic mass is 32.1. The maximum Gasteiger partial charge on any atom is 0.266 e. The van der Waals surface area contributed by atoms with Crippen molar-refractivity contribution < 1.29 is 4.79 Å². The van der Waals surface area contributed by atoms with E-state index in [1.807, 2.05) is 19.9 Å². The van der Waals surface area contributed by atoms with Crippen LogP contribution in [-0.4, -0.2) is 21.0 Å². The molecule has 1 N–H and O–H groups in total. The zero-order valence-corrected chi connectivity index (χ0v) is 10.6. The summed E-state index contributed by atoms with van der Waals surface area (Å²) in [6.45, 7) is 7.19. The highest BCUT2D eigenvalue weighted by Gasteiger charge is 2.24. The molecule has 0 radical (unpaired) electrons. The van der Waals surface area contributed by atoms with Gasteiger partial charge in [0.2, 0.25) is 0 Å². The zero-order valence-electron chi connectivity index (χ0n) is 9.74. The average Bonchev–Trinajstić information content (AvgIpc) is 2.65. The first-order chi connectivity index (χ1) is 7.37. The van der Waals surface area contributed by atoms with E-state index in [-0.39, 0.29) is 11.8 Å². The number of carbonyl (C=O) groups is 1. The van der Waals surface area contributed by atoms with Crippen LogP contribution in [0.1, 0.15) is 49.0 Å². The summed E-state index contributed by atoms with van der Waals surface area (Å²) in [6, 6.07) is 2.01. The summed E-state index contributed by atoms with van der Waals surface area (Å²) in [7, 11) is 0. The second kappa shape index (κ2) is 4.58. The monoisotopic (exact) mass is 238 g/mol. The van der Waals surface area contributed by atoms with Gasteiger partial charge in [-0.3, -0.25) is 4.79 Å². The van der Waals surface area contributed by atoms with E-state index in [1.165, 1.54) is 0 Å². The fourth-order valence-electron chi connectivity index (χ4n) is 1.10. The Labute approximate surface area is 98.6 Å². The molecule has 6 heteroatoms. The van der Waals surface area contributed by atoms with Crippen LogP contribution in [-0.2, 0) is 0 Å². The first-order valence-electron chi connectivity index (χ1n) is 4.93. The fourth-order valence-corrected chi connectivity index (χ4v) is 1.82. The van der Waals surface area contributed by atoms with E-state index in [9.17, 15) is 4.79 Å². The lowest BCUT2D eigenvalue weighted by Crippen LogP contribution is -2.42. The molecule has 0 atom stereocenters. The standard InChI is InChI=1S/C10H14N4OS/c1-6(2)7-8(16-14-13-7)9(15)12-10(3,4)5-11/h6H,1-4H3,(H,12,15). The third-order valence-electron chi connectivity index (χ3n) is 1.97. The van der Waals surface area contributed by atoms with Gasteiger partial charge in [0.15, 0.2) is 0 Å². The van der Waals surface area contributed by atoms with Gasteiger partial charge in [-0.1, -0.05) is 18.3 Å². The summed E-state index contributed by atoms with van der Waals surface area (Å²) >= 11 is 1.05. The molecule has 1 aromatic rings. The molecule has 0 saturated carbocycles. The van der Waals surface area contributed by atoms with E-state index in [1.54, 1.807) is 13.8 Å². The Bertz CT molecular complexity index is 430. The third kappa shape index (κ3) is 2.76. The van der Waals surface area contributed by atoms with Crippen molar-refractivity contribution in [2.45, 2.75) is 39.2 Å². The number of rotatable bonds is 3. The predicted molar refractivity (Wildman–Crippen MR) is 61.2 cm³/mol. The summed E-state index contributed by atoms with van der Waals surface area (Å²) in [6.07, 6.45) is 0. The number of hydrogen-bond acceptors (Lipinski definition) is 5. The van der Waals surface area contributed by atoms with Crippen molar-refractivity contribution in [1.82, 2.24) is 14.9 Å². The molecular formula is C10H14N4OS. The van der Waals surface area contributed by atoms with Crippen molar-refractivity contribution >= 4 is 17.4 Å². The van der Waals surface area contributed by atoms with Crippen molar-refractivity contribution in [2.24, 2.45) is 0 Å². The van der Waals surface area contributed by atoms with Gasteiger partial charge in [0, 0.05) is 0 Å². The zero-order chi connectivity index (χ0) is 12.3. The molecule has 16 heavy (non-hydrogen) atoms. The molecule has 1 amide bonds. The topological polar surface area (TPSA) is 78.7 Å². The Kier molecular flexibility index (Phi) is 3.60. The molecule has 0 aliphatic heterocycles. The van der Waals surface area contributed by atoms with Gasteiger partial charge in [0.05, 0.1) is 11.8 Å². The number of nitrogens with one attached hydrogen (secondary N) is 1. The van der Waals surface area contributed by atoms with E-state index in [2.05, 4.69) is 14.9 Å². The molecule has 0 aliphatic carbocycles. The van der Waals surface area contributed by atoms with Crippen LogP contribution in [0.5, 0.6) is 0 Å². The molecule has 0 aromatic carbocycles. The normalized spacial score (nSPS) is 11.2. The van der Waals surface area contributed by atoms with Crippen LogP contribution in [0.25, 0.3) is 0 Å².